The van der Waals surface area contributed by atoms with Crippen LogP contribution in [0.1, 0.15) is 79.9 Å². The maximum atomic E-state index is 14.9. The molecule has 4 fully saturated rings. The quantitative estimate of drug-likeness (QED) is 0.162. The molecule has 0 radical (unpaired) electrons. The molecule has 4 saturated carbocycles. The first-order valence-corrected chi connectivity index (χ1v) is 18.4. The summed E-state index contributed by atoms with van der Waals surface area (Å²) < 4.78 is 72.4. The van der Waals surface area contributed by atoms with Crippen molar-refractivity contribution in [3.05, 3.63) is 77.4 Å². The summed E-state index contributed by atoms with van der Waals surface area (Å²) >= 11 is 0. The van der Waals surface area contributed by atoms with E-state index in [-0.39, 0.29) is 27.9 Å². The third kappa shape index (κ3) is 4.43. The van der Waals surface area contributed by atoms with E-state index in [1.807, 2.05) is 12.1 Å². The predicted molar refractivity (Wildman–Crippen MR) is 165 cm³/mol. The first kappa shape index (κ1) is 27.6. The number of fused-ring (bicyclic) bond motifs is 6. The zero-order valence-electron chi connectivity index (χ0n) is 24.2. The normalized spacial score (nSPS) is 28.3. The lowest BCUT2D eigenvalue weighted by molar-refractivity contribution is 0.400. The van der Waals surface area contributed by atoms with Gasteiger partial charge in [-0.25, -0.2) is 8.42 Å². The molecule has 0 aromatic heterocycles. The molecule has 0 aliphatic heterocycles. The van der Waals surface area contributed by atoms with E-state index in [0.29, 0.717) is 39.5 Å². The first-order chi connectivity index (χ1) is 20.6. The molecule has 4 aliphatic rings. The van der Waals surface area contributed by atoms with Crippen molar-refractivity contribution in [3.8, 4) is 5.75 Å². The van der Waals surface area contributed by atoms with E-state index in [1.54, 1.807) is 25.1 Å². The van der Waals surface area contributed by atoms with Gasteiger partial charge in [-0.3, -0.25) is 0 Å². The molecule has 4 aromatic rings. The molecule has 6 unspecified atom stereocenters. The van der Waals surface area contributed by atoms with Crippen LogP contribution >= 0.6 is 0 Å². The van der Waals surface area contributed by atoms with Gasteiger partial charge in [-0.1, -0.05) is 61.4 Å². The summed E-state index contributed by atoms with van der Waals surface area (Å²) in [7, 11) is -9.15. The smallest absolute Gasteiger partial charge is 0.339 e. The summed E-state index contributed by atoms with van der Waals surface area (Å²) in [6.45, 7) is 1.60. The van der Waals surface area contributed by atoms with E-state index in [2.05, 4.69) is 18.2 Å². The summed E-state index contributed by atoms with van der Waals surface area (Å²) in [5.41, 5.74) is 2.11. The number of hydrogen-bond donors (Lipinski definition) is 0. The van der Waals surface area contributed by atoms with Crippen molar-refractivity contribution >= 4 is 41.8 Å². The second-order valence-electron chi connectivity index (χ2n) is 13.6. The van der Waals surface area contributed by atoms with Gasteiger partial charge in [0.25, 0.3) is 0 Å². The van der Waals surface area contributed by atoms with E-state index in [0.717, 1.165) is 60.4 Å². The molecule has 8 rings (SSSR count). The van der Waals surface area contributed by atoms with E-state index >= 15 is 0 Å². The lowest BCUT2D eigenvalue weighted by Gasteiger charge is -2.31. The molecule has 4 bridgehead atoms. The van der Waals surface area contributed by atoms with Gasteiger partial charge >= 0.3 is 10.1 Å². The van der Waals surface area contributed by atoms with Crippen molar-refractivity contribution in [2.45, 2.75) is 79.9 Å². The molecule has 6 atom stereocenters. The summed E-state index contributed by atoms with van der Waals surface area (Å²) in [6, 6.07) is 18.0. The summed E-state index contributed by atoms with van der Waals surface area (Å²) in [5.74, 6) is 2.59. The minimum Gasteiger partial charge on any atom is -0.744 e. The second-order valence-corrected chi connectivity index (χ2v) is 16.4. The SMILES string of the molecule is Cc1cc(S(=O)(=O)[O-])c2ccccc2c1OS(=O)(=O)c1c(C2CC3CCC2C3)cc2ccccc2c1C1CC2CCC1C2. The third-order valence-electron chi connectivity index (χ3n) is 11.2. The Labute approximate surface area is 253 Å². The van der Waals surface area contributed by atoms with Crippen LogP contribution in [0.2, 0.25) is 0 Å². The molecule has 224 valence electrons. The van der Waals surface area contributed by atoms with Gasteiger partial charge in [0.15, 0.2) is 5.75 Å². The fourth-order valence-electron chi connectivity index (χ4n) is 9.44. The minimum atomic E-state index is -4.79. The van der Waals surface area contributed by atoms with E-state index in [4.69, 9.17) is 4.18 Å². The summed E-state index contributed by atoms with van der Waals surface area (Å²) in [6.07, 6.45) is 8.96. The van der Waals surface area contributed by atoms with Crippen LogP contribution in [0.3, 0.4) is 0 Å². The molecule has 4 aromatic carbocycles. The molecule has 0 amide bonds. The van der Waals surface area contributed by atoms with E-state index in [1.165, 1.54) is 25.0 Å². The molecule has 0 heterocycles. The molecule has 4 aliphatic carbocycles. The van der Waals surface area contributed by atoms with Crippen molar-refractivity contribution in [2.24, 2.45) is 23.7 Å². The van der Waals surface area contributed by atoms with Gasteiger partial charge in [0.05, 0.1) is 4.90 Å². The lowest BCUT2D eigenvalue weighted by Crippen LogP contribution is -2.22. The molecular weight excluding hydrogens is 581 g/mol. The van der Waals surface area contributed by atoms with Gasteiger partial charge in [0, 0.05) is 10.8 Å². The Hall–Kier alpha value is -2.94. The fourth-order valence-corrected chi connectivity index (χ4v) is 11.8. The van der Waals surface area contributed by atoms with Crippen LogP contribution in [-0.4, -0.2) is 21.4 Å². The molecule has 43 heavy (non-hydrogen) atoms. The molecule has 0 spiro atoms. The van der Waals surface area contributed by atoms with Crippen molar-refractivity contribution in [1.82, 2.24) is 0 Å². The van der Waals surface area contributed by atoms with Crippen LogP contribution in [0, 0.1) is 30.6 Å². The molecule has 0 saturated heterocycles. The van der Waals surface area contributed by atoms with Crippen molar-refractivity contribution in [3.63, 3.8) is 0 Å². The molecule has 0 N–H and O–H groups in total. The Bertz CT molecular complexity index is 2020. The minimum absolute atomic E-state index is 0.0777. The standard InChI is InChI=1S/C35H36O6S2/c1-20-14-32(42(36,37)38)27-8-4-5-9-28(27)34(20)41-43(39,40)35-31(29-17-21-10-12-24(29)15-21)19-23-6-2-3-7-26(23)33(35)30-18-22-11-13-25(30)16-22/h2-9,14,19,21-22,24-25,29-30H,10-13,15-18H2,1H3,(H,36,37,38)/p-1. The number of benzene rings is 4. The first-order valence-electron chi connectivity index (χ1n) is 15.6. The number of hydrogen-bond acceptors (Lipinski definition) is 6. The van der Waals surface area contributed by atoms with Crippen molar-refractivity contribution in [1.29, 1.82) is 0 Å². The van der Waals surface area contributed by atoms with Gasteiger partial charge in [0.2, 0.25) is 0 Å². The molecular formula is C35H35O6S2-. The summed E-state index contributed by atoms with van der Waals surface area (Å²) in [5, 5.41) is 2.53. The average Bonchev–Trinajstić information content (AvgIpc) is 3.80. The van der Waals surface area contributed by atoms with Gasteiger partial charge in [-0.05, 0) is 121 Å². The highest BCUT2D eigenvalue weighted by atomic mass is 32.2. The lowest BCUT2D eigenvalue weighted by atomic mass is 9.77. The maximum absolute atomic E-state index is 14.9. The van der Waals surface area contributed by atoms with Crippen LogP contribution in [0.15, 0.2) is 70.5 Å². The Kier molecular flexibility index (Phi) is 6.28. The Morgan fingerprint density at radius 2 is 1.33 bits per heavy atom. The van der Waals surface area contributed by atoms with Crippen LogP contribution in [-0.2, 0) is 20.2 Å². The number of rotatable bonds is 6. The fraction of sp³-hybridized carbons (Fsp3) is 0.429. The monoisotopic (exact) mass is 615 g/mol. The highest BCUT2D eigenvalue weighted by molar-refractivity contribution is 7.87. The van der Waals surface area contributed by atoms with E-state index < -0.39 is 20.2 Å². The Morgan fingerprint density at radius 3 is 1.93 bits per heavy atom. The predicted octanol–water partition coefficient (Wildman–Crippen LogP) is 7.78. The zero-order valence-corrected chi connectivity index (χ0v) is 25.8. The van der Waals surface area contributed by atoms with Crippen LogP contribution in [0.4, 0.5) is 0 Å². The van der Waals surface area contributed by atoms with Crippen molar-refractivity contribution in [2.75, 3.05) is 0 Å². The topological polar surface area (TPSA) is 101 Å². The molecule has 8 heteroatoms. The Balaban J connectivity index is 1.37. The summed E-state index contributed by atoms with van der Waals surface area (Å²) in [4.78, 5) is -0.0355. The Morgan fingerprint density at radius 1 is 0.721 bits per heavy atom. The average molecular weight is 616 g/mol. The second kappa shape index (κ2) is 9.78. The van der Waals surface area contributed by atoms with Crippen LogP contribution in [0.5, 0.6) is 5.75 Å². The number of aryl methyl sites for hydroxylation is 1. The van der Waals surface area contributed by atoms with E-state index in [9.17, 15) is 21.4 Å². The highest BCUT2D eigenvalue weighted by Gasteiger charge is 2.47. The zero-order chi connectivity index (χ0) is 29.7. The maximum Gasteiger partial charge on any atom is 0.339 e. The highest BCUT2D eigenvalue weighted by Crippen LogP contribution is 2.59. The van der Waals surface area contributed by atoms with Gasteiger partial charge < -0.3 is 8.74 Å². The third-order valence-corrected chi connectivity index (χ3v) is 13.4. The van der Waals surface area contributed by atoms with Gasteiger partial charge in [-0.15, -0.1) is 0 Å². The van der Waals surface area contributed by atoms with Crippen molar-refractivity contribution < 1.29 is 25.6 Å². The van der Waals surface area contributed by atoms with Crippen LogP contribution < -0.4 is 4.18 Å². The largest absolute Gasteiger partial charge is 0.744 e. The molecule has 6 nitrogen and oxygen atoms in total. The van der Waals surface area contributed by atoms with Crippen LogP contribution in [0.25, 0.3) is 21.5 Å². The van der Waals surface area contributed by atoms with Gasteiger partial charge in [0.1, 0.15) is 15.0 Å². The van der Waals surface area contributed by atoms with Gasteiger partial charge in [-0.2, -0.15) is 8.42 Å².